The van der Waals surface area contributed by atoms with Gasteiger partial charge in [-0.3, -0.25) is 0 Å². The quantitative estimate of drug-likeness (QED) is 0.152. The van der Waals surface area contributed by atoms with Crippen LogP contribution in [0.25, 0.3) is 114 Å². The van der Waals surface area contributed by atoms with Gasteiger partial charge in [0.15, 0.2) is 0 Å². The minimum absolute atomic E-state index is 1.09. The highest BCUT2D eigenvalue weighted by Gasteiger charge is 2.21. The highest BCUT2D eigenvalue weighted by molar-refractivity contribution is 6.37. The number of anilines is 3. The third-order valence-electron chi connectivity index (χ3n) is 14.0. The summed E-state index contributed by atoms with van der Waals surface area (Å²) in [6.45, 7) is 0. The third-order valence-corrected chi connectivity index (χ3v) is 14.0. The standard InChI is InChI=1S/C64H40N2/c1-3-13-41(14-4-1)42-31-34-50(35-32-42)65(51-21-9-18-46(37-51)47-33-36-60-57(39-47)53-22-7-8-26-59(53)66(60)49-19-5-2-6-20-49)52-38-48-30-29-45-16-11-24-55-54-23-10-15-43-27-28-44-17-12-25-56(63(44)61(43)54)58(40-52)64(48)62(45)55/h1-40H. The Kier molecular flexibility index (Phi) is 8.02. The van der Waals surface area contributed by atoms with Crippen LogP contribution < -0.4 is 4.90 Å². The Hall–Kier alpha value is -8.72. The fourth-order valence-corrected chi connectivity index (χ4v) is 11.1. The Labute approximate surface area is 381 Å². The first-order chi connectivity index (χ1) is 32.7. The van der Waals surface area contributed by atoms with Crippen molar-refractivity contribution in [1.82, 2.24) is 4.57 Å². The highest BCUT2D eigenvalue weighted by atomic mass is 15.1. The molecule has 0 spiro atoms. The molecule has 1 aromatic heterocycles. The summed E-state index contributed by atoms with van der Waals surface area (Å²) in [5.74, 6) is 0. The summed E-state index contributed by atoms with van der Waals surface area (Å²) in [6.07, 6.45) is 0. The van der Waals surface area contributed by atoms with Gasteiger partial charge in [-0.15, -0.1) is 0 Å². The van der Waals surface area contributed by atoms with E-state index in [2.05, 4.69) is 252 Å². The van der Waals surface area contributed by atoms with Gasteiger partial charge < -0.3 is 9.47 Å². The van der Waals surface area contributed by atoms with E-state index < -0.39 is 0 Å². The molecular formula is C64H40N2. The van der Waals surface area contributed by atoms with E-state index in [-0.39, 0.29) is 0 Å². The maximum absolute atomic E-state index is 2.46. The largest absolute Gasteiger partial charge is 0.310 e. The van der Waals surface area contributed by atoms with Crippen LogP contribution in [-0.4, -0.2) is 4.57 Å². The fraction of sp³-hybridized carbons (Fsp3) is 0. The molecule has 0 bridgehead atoms. The molecule has 0 aliphatic heterocycles. The van der Waals surface area contributed by atoms with Gasteiger partial charge in [-0.25, -0.2) is 0 Å². The lowest BCUT2D eigenvalue weighted by atomic mass is 9.87. The van der Waals surface area contributed by atoms with Crippen LogP contribution in [0.2, 0.25) is 0 Å². The Morgan fingerprint density at radius 1 is 0.242 bits per heavy atom. The van der Waals surface area contributed by atoms with Crippen molar-refractivity contribution in [3.05, 3.63) is 243 Å². The van der Waals surface area contributed by atoms with Crippen LogP contribution >= 0.6 is 0 Å². The van der Waals surface area contributed by atoms with Crippen molar-refractivity contribution < 1.29 is 0 Å². The first kappa shape index (κ1) is 36.7. The molecule has 0 fully saturated rings. The van der Waals surface area contributed by atoms with Crippen molar-refractivity contribution in [3.63, 3.8) is 0 Å². The van der Waals surface area contributed by atoms with Gasteiger partial charge in [0.2, 0.25) is 0 Å². The van der Waals surface area contributed by atoms with Crippen LogP contribution in [0.5, 0.6) is 0 Å². The smallest absolute Gasteiger partial charge is 0.0541 e. The third kappa shape index (κ3) is 5.55. The van der Waals surface area contributed by atoms with Crippen LogP contribution in [0.4, 0.5) is 17.1 Å². The topological polar surface area (TPSA) is 8.17 Å². The second-order valence-corrected chi connectivity index (χ2v) is 17.7. The normalized spacial score (nSPS) is 11.9. The molecule has 0 unspecified atom stereocenters. The zero-order valence-electron chi connectivity index (χ0n) is 36.0. The van der Waals surface area contributed by atoms with Gasteiger partial charge in [0.05, 0.1) is 11.0 Å². The summed E-state index contributed by atoms with van der Waals surface area (Å²) >= 11 is 0. The Balaban J connectivity index is 1.03. The monoisotopic (exact) mass is 836 g/mol. The average Bonchev–Trinajstić information content (AvgIpc) is 3.72. The van der Waals surface area contributed by atoms with E-state index in [9.17, 15) is 0 Å². The lowest BCUT2D eigenvalue weighted by Crippen LogP contribution is -2.10. The van der Waals surface area contributed by atoms with E-state index in [0.717, 1.165) is 28.3 Å². The van der Waals surface area contributed by atoms with E-state index in [4.69, 9.17) is 0 Å². The van der Waals surface area contributed by atoms with Crippen LogP contribution in [0.1, 0.15) is 0 Å². The van der Waals surface area contributed by atoms with E-state index in [0.29, 0.717) is 0 Å². The second kappa shape index (κ2) is 14.4. The second-order valence-electron chi connectivity index (χ2n) is 17.7. The predicted molar refractivity (Wildman–Crippen MR) is 283 cm³/mol. The van der Waals surface area contributed by atoms with Crippen LogP contribution in [0, 0.1) is 0 Å². The Morgan fingerprint density at radius 2 is 0.742 bits per heavy atom. The van der Waals surface area contributed by atoms with Gasteiger partial charge in [-0.2, -0.15) is 0 Å². The van der Waals surface area contributed by atoms with Gasteiger partial charge in [0, 0.05) is 33.5 Å². The van der Waals surface area contributed by atoms with Gasteiger partial charge >= 0.3 is 0 Å². The number of fused-ring (bicyclic) bond motifs is 5. The molecule has 0 radical (unpaired) electrons. The molecule has 2 heteroatoms. The molecule has 306 valence electrons. The van der Waals surface area contributed by atoms with Gasteiger partial charge in [0.1, 0.15) is 0 Å². The lowest BCUT2D eigenvalue weighted by Gasteiger charge is -2.27. The first-order valence-electron chi connectivity index (χ1n) is 22.8. The maximum Gasteiger partial charge on any atom is 0.0541 e. The number of aromatic nitrogens is 1. The SMILES string of the molecule is c1ccc(-c2ccc(N(c3cccc(-c4ccc5c(c4)c4ccccc4n5-c4ccccc4)c3)c3cc4ccc5cccc6c7cccc8ccc9cccc(c(c3)c4c56)c9c87)cc2)cc1. The number of nitrogens with zero attached hydrogens (tertiary/aromatic N) is 2. The van der Waals surface area contributed by atoms with Crippen molar-refractivity contribution in [2.24, 2.45) is 0 Å². The first-order valence-corrected chi connectivity index (χ1v) is 22.8. The molecule has 14 rings (SSSR count). The number of hydrogen-bond donors (Lipinski definition) is 0. The molecule has 1 heterocycles. The summed E-state index contributed by atoms with van der Waals surface area (Å²) < 4.78 is 2.38. The van der Waals surface area contributed by atoms with Gasteiger partial charge in [-0.1, -0.05) is 176 Å². The number of hydrogen-bond acceptors (Lipinski definition) is 1. The average molecular weight is 837 g/mol. The van der Waals surface area contributed by atoms with Crippen LogP contribution in [-0.2, 0) is 0 Å². The van der Waals surface area contributed by atoms with E-state index in [1.54, 1.807) is 0 Å². The lowest BCUT2D eigenvalue weighted by molar-refractivity contribution is 1.18. The summed E-state index contributed by atoms with van der Waals surface area (Å²) in [6, 6.07) is 89.8. The van der Waals surface area contributed by atoms with Gasteiger partial charge in [-0.05, 0) is 154 Å². The van der Waals surface area contributed by atoms with E-state index >= 15 is 0 Å². The van der Waals surface area contributed by atoms with Crippen molar-refractivity contribution in [3.8, 4) is 27.9 Å². The summed E-state index contributed by atoms with van der Waals surface area (Å²) in [4.78, 5) is 2.46. The van der Waals surface area contributed by atoms with Crippen molar-refractivity contribution in [1.29, 1.82) is 0 Å². The zero-order chi connectivity index (χ0) is 43.3. The van der Waals surface area contributed by atoms with E-state index in [1.807, 2.05) is 0 Å². The molecule has 13 aromatic carbocycles. The van der Waals surface area contributed by atoms with Crippen molar-refractivity contribution in [2.75, 3.05) is 4.90 Å². The Morgan fingerprint density at radius 3 is 1.44 bits per heavy atom. The summed E-state index contributed by atoms with van der Waals surface area (Å²) in [5.41, 5.74) is 11.6. The number of benzene rings is 12. The van der Waals surface area contributed by atoms with Crippen LogP contribution in [0.15, 0.2) is 243 Å². The van der Waals surface area contributed by atoms with Gasteiger partial charge in [0.25, 0.3) is 0 Å². The Bertz CT molecular complexity index is 4200. The van der Waals surface area contributed by atoms with Crippen LogP contribution in [0.3, 0.4) is 0 Å². The molecule has 0 saturated heterocycles. The fourth-order valence-electron chi connectivity index (χ4n) is 11.1. The molecule has 0 saturated carbocycles. The zero-order valence-corrected chi connectivity index (χ0v) is 36.0. The highest BCUT2D eigenvalue weighted by Crippen LogP contribution is 2.47. The van der Waals surface area contributed by atoms with Crippen molar-refractivity contribution >= 4 is 104 Å². The molecule has 14 aromatic rings. The molecule has 2 nitrogen and oxygen atoms in total. The molecular weight excluding hydrogens is 797 g/mol. The molecule has 0 aliphatic rings. The maximum atomic E-state index is 2.46. The molecule has 0 N–H and O–H groups in total. The molecule has 66 heavy (non-hydrogen) atoms. The number of para-hydroxylation sites is 2. The molecule has 0 aliphatic carbocycles. The minimum atomic E-state index is 1.09. The predicted octanol–water partition coefficient (Wildman–Crippen LogP) is 17.9. The van der Waals surface area contributed by atoms with Crippen molar-refractivity contribution in [2.45, 2.75) is 0 Å². The van der Waals surface area contributed by atoms with E-state index in [1.165, 1.54) is 103 Å². The molecule has 0 atom stereocenters. The summed E-state index contributed by atoms with van der Waals surface area (Å²) in [7, 11) is 0. The molecule has 0 amide bonds. The number of rotatable bonds is 6. The minimum Gasteiger partial charge on any atom is -0.310 e. The summed E-state index contributed by atoms with van der Waals surface area (Å²) in [5, 5.41) is 17.8.